The Labute approximate surface area is 90.6 Å². The van der Waals surface area contributed by atoms with Crippen LogP contribution in [0, 0.1) is 5.92 Å². The molecule has 1 saturated carbocycles. The summed E-state index contributed by atoms with van der Waals surface area (Å²) < 4.78 is 0. The van der Waals surface area contributed by atoms with E-state index in [2.05, 4.69) is 25.6 Å². The van der Waals surface area contributed by atoms with Gasteiger partial charge in [-0.15, -0.1) is 6.58 Å². The molecule has 1 aliphatic rings. The second kappa shape index (κ2) is 3.78. The minimum atomic E-state index is 0.723. The first-order valence-electron chi connectivity index (χ1n) is 4.98. The molecular weight excluding hydrogens is 192 g/mol. The molecule has 0 heterocycles. The summed E-state index contributed by atoms with van der Waals surface area (Å²) in [7, 11) is 0. The van der Waals surface area contributed by atoms with Crippen molar-refractivity contribution in [3.05, 3.63) is 52.9 Å². The molecule has 0 unspecified atom stereocenters. The fourth-order valence-electron chi connectivity index (χ4n) is 1.62. The largest absolute Gasteiger partial charge is 0.102 e. The van der Waals surface area contributed by atoms with Crippen molar-refractivity contribution in [2.24, 2.45) is 0 Å². The van der Waals surface area contributed by atoms with Crippen LogP contribution in [0.2, 0.25) is 5.02 Å². The van der Waals surface area contributed by atoms with Gasteiger partial charge in [-0.25, -0.2) is 0 Å². The van der Waals surface area contributed by atoms with Crippen molar-refractivity contribution in [2.75, 3.05) is 0 Å². The first-order valence-corrected chi connectivity index (χ1v) is 5.36. The molecule has 0 bridgehead atoms. The van der Waals surface area contributed by atoms with Crippen LogP contribution in [-0.2, 0) is 0 Å². The lowest BCUT2D eigenvalue weighted by Gasteiger charge is -2.08. The maximum atomic E-state index is 6.22. The normalized spacial score (nSPS) is 15.9. The van der Waals surface area contributed by atoms with Crippen LogP contribution in [0.1, 0.15) is 36.8 Å². The molecule has 0 nitrogen and oxygen atoms in total. The predicted molar refractivity (Wildman–Crippen MR) is 61.6 cm³/mol. The molecule has 73 valence electrons. The number of benzene rings is 1. The Hall–Kier alpha value is -0.750. The summed E-state index contributed by atoms with van der Waals surface area (Å²) in [6.07, 6.45) is 4.45. The van der Waals surface area contributed by atoms with Crippen molar-refractivity contribution in [3.63, 3.8) is 0 Å². The maximum Gasteiger partial charge on any atom is 0.0443 e. The van der Waals surface area contributed by atoms with Gasteiger partial charge < -0.3 is 0 Å². The van der Waals surface area contributed by atoms with Crippen LogP contribution in [0.15, 0.2) is 30.9 Å². The number of hydrogen-bond acceptors (Lipinski definition) is 0. The molecule has 0 saturated heterocycles. The molecule has 1 radical (unpaired) electrons. The van der Waals surface area contributed by atoms with Crippen LogP contribution in [0.3, 0.4) is 0 Å². The summed E-state index contributed by atoms with van der Waals surface area (Å²) in [5.74, 6) is 1.90. The Morgan fingerprint density at radius 1 is 1.50 bits per heavy atom. The summed E-state index contributed by atoms with van der Waals surface area (Å²) in [5, 5.41) is 0.909. The lowest BCUT2D eigenvalue weighted by atomic mass is 9.99. The molecule has 0 amide bonds. The van der Waals surface area contributed by atoms with E-state index in [-0.39, 0.29) is 0 Å². The average molecular weight is 206 g/mol. The molecule has 2 rings (SSSR count). The SMILES string of the molecule is C=C[C](C)c1ccc(C2CC2)c(Cl)c1. The fourth-order valence-corrected chi connectivity index (χ4v) is 1.95. The molecule has 0 atom stereocenters. The first-order chi connectivity index (χ1) is 6.72. The quantitative estimate of drug-likeness (QED) is 0.689. The smallest absolute Gasteiger partial charge is 0.0443 e. The molecule has 0 spiro atoms. The van der Waals surface area contributed by atoms with Crippen molar-refractivity contribution >= 4 is 11.6 Å². The topological polar surface area (TPSA) is 0 Å². The molecule has 1 aromatic rings. The minimum Gasteiger partial charge on any atom is -0.102 e. The van der Waals surface area contributed by atoms with Crippen LogP contribution < -0.4 is 0 Å². The Morgan fingerprint density at radius 2 is 2.21 bits per heavy atom. The van der Waals surface area contributed by atoms with Gasteiger partial charge in [-0.3, -0.25) is 0 Å². The Morgan fingerprint density at radius 3 is 2.71 bits per heavy atom. The predicted octanol–water partition coefficient (Wildman–Crippen LogP) is 4.35. The van der Waals surface area contributed by atoms with Crippen molar-refractivity contribution in [1.29, 1.82) is 0 Å². The van der Waals surface area contributed by atoms with Gasteiger partial charge in [0.15, 0.2) is 0 Å². The number of rotatable bonds is 3. The lowest BCUT2D eigenvalue weighted by molar-refractivity contribution is 1.12. The van der Waals surface area contributed by atoms with Gasteiger partial charge in [0.1, 0.15) is 0 Å². The highest BCUT2D eigenvalue weighted by Gasteiger charge is 2.25. The van der Waals surface area contributed by atoms with Gasteiger partial charge in [0, 0.05) is 10.9 Å². The van der Waals surface area contributed by atoms with Gasteiger partial charge in [-0.2, -0.15) is 0 Å². The van der Waals surface area contributed by atoms with Crippen LogP contribution >= 0.6 is 11.6 Å². The maximum absolute atomic E-state index is 6.22. The van der Waals surface area contributed by atoms with E-state index in [1.807, 2.05) is 12.1 Å². The fraction of sp³-hybridized carbons (Fsp3) is 0.308. The molecule has 0 N–H and O–H groups in total. The molecule has 0 aromatic heterocycles. The number of allylic oxidation sites excluding steroid dienone is 1. The molecule has 1 fully saturated rings. The van der Waals surface area contributed by atoms with Crippen molar-refractivity contribution in [2.45, 2.75) is 25.7 Å². The highest BCUT2D eigenvalue weighted by molar-refractivity contribution is 6.31. The van der Waals surface area contributed by atoms with E-state index in [0.29, 0.717) is 0 Å². The van der Waals surface area contributed by atoms with E-state index in [4.69, 9.17) is 11.6 Å². The van der Waals surface area contributed by atoms with E-state index < -0.39 is 0 Å². The van der Waals surface area contributed by atoms with E-state index >= 15 is 0 Å². The monoisotopic (exact) mass is 205 g/mol. The Bertz CT molecular complexity index is 350. The van der Waals surface area contributed by atoms with Crippen LogP contribution in [0.5, 0.6) is 0 Å². The minimum absolute atomic E-state index is 0.723. The lowest BCUT2D eigenvalue weighted by Crippen LogP contribution is -1.91. The highest BCUT2D eigenvalue weighted by atomic mass is 35.5. The van der Waals surface area contributed by atoms with E-state index in [1.54, 1.807) is 0 Å². The molecule has 1 aromatic carbocycles. The molecule has 14 heavy (non-hydrogen) atoms. The molecule has 1 heteroatoms. The Kier molecular flexibility index (Phi) is 2.64. The summed E-state index contributed by atoms with van der Waals surface area (Å²) in [6.45, 7) is 5.81. The molecule has 1 aliphatic carbocycles. The van der Waals surface area contributed by atoms with Crippen LogP contribution in [-0.4, -0.2) is 0 Å². The molecule has 0 aliphatic heterocycles. The zero-order valence-electron chi connectivity index (χ0n) is 8.39. The van der Waals surface area contributed by atoms with Gasteiger partial charge in [0.2, 0.25) is 0 Å². The van der Waals surface area contributed by atoms with Gasteiger partial charge in [0.05, 0.1) is 0 Å². The van der Waals surface area contributed by atoms with Gasteiger partial charge in [-0.05, 0) is 36.0 Å². The van der Waals surface area contributed by atoms with Crippen LogP contribution in [0.4, 0.5) is 0 Å². The first kappa shape index (κ1) is 9.79. The summed E-state index contributed by atoms with van der Waals surface area (Å²) >= 11 is 6.22. The van der Waals surface area contributed by atoms with Gasteiger partial charge in [0.25, 0.3) is 0 Å². The highest BCUT2D eigenvalue weighted by Crippen LogP contribution is 2.43. The average Bonchev–Trinajstić information content (AvgIpc) is 3.00. The van der Waals surface area contributed by atoms with E-state index in [1.165, 1.54) is 29.9 Å². The third kappa shape index (κ3) is 1.85. The van der Waals surface area contributed by atoms with Gasteiger partial charge >= 0.3 is 0 Å². The number of halogens is 1. The van der Waals surface area contributed by atoms with Gasteiger partial charge in [-0.1, -0.05) is 36.7 Å². The zero-order chi connectivity index (χ0) is 10.1. The standard InChI is InChI=1S/C13H14Cl/c1-3-9(2)11-6-7-12(10-4-5-10)13(14)8-11/h3,6-8,10H,1,4-5H2,2H3. The van der Waals surface area contributed by atoms with E-state index in [0.717, 1.165) is 10.9 Å². The van der Waals surface area contributed by atoms with Crippen molar-refractivity contribution in [1.82, 2.24) is 0 Å². The summed E-state index contributed by atoms with van der Waals surface area (Å²) in [5.41, 5.74) is 2.49. The molecular formula is C13H14Cl. The summed E-state index contributed by atoms with van der Waals surface area (Å²) in [4.78, 5) is 0. The van der Waals surface area contributed by atoms with E-state index in [9.17, 15) is 0 Å². The summed E-state index contributed by atoms with van der Waals surface area (Å²) in [6, 6.07) is 6.34. The third-order valence-electron chi connectivity index (χ3n) is 2.78. The third-order valence-corrected chi connectivity index (χ3v) is 3.11. The van der Waals surface area contributed by atoms with Crippen molar-refractivity contribution in [3.8, 4) is 0 Å². The Balaban J connectivity index is 2.29. The second-order valence-corrected chi connectivity index (χ2v) is 4.30. The van der Waals surface area contributed by atoms with Crippen LogP contribution in [0.25, 0.3) is 0 Å². The second-order valence-electron chi connectivity index (χ2n) is 3.90. The zero-order valence-corrected chi connectivity index (χ0v) is 9.14. The van der Waals surface area contributed by atoms with Crippen molar-refractivity contribution < 1.29 is 0 Å². The number of hydrogen-bond donors (Lipinski definition) is 0.